The fourth-order valence-corrected chi connectivity index (χ4v) is 1.55. The highest BCUT2D eigenvalue weighted by Gasteiger charge is 2.15. The van der Waals surface area contributed by atoms with Crippen molar-refractivity contribution in [3.63, 3.8) is 0 Å². The molecule has 0 aliphatic heterocycles. The molecule has 0 heterocycles. The molecule has 2 unspecified atom stereocenters. The summed E-state index contributed by atoms with van der Waals surface area (Å²) in [6.07, 6.45) is -0.811. The Morgan fingerprint density at radius 1 is 1.45 bits per heavy atom. The number of carbonyl (C=O) groups excluding carboxylic acids is 1. The smallest absolute Gasteiger partial charge is 0.239 e. The summed E-state index contributed by atoms with van der Waals surface area (Å²) in [5.41, 5.74) is 6.23. The fraction of sp³-hybridized carbons (Fsp3) is 0.462. The van der Waals surface area contributed by atoms with Gasteiger partial charge in [-0.05, 0) is 17.7 Å². The second-order valence-corrected chi connectivity index (χ2v) is 4.10. The monoisotopic (exact) mass is 304 g/mol. The van der Waals surface area contributed by atoms with Crippen molar-refractivity contribution in [2.75, 3.05) is 27.4 Å². The average molecular weight is 305 g/mol. The Bertz CT molecular complexity index is 417. The van der Waals surface area contributed by atoms with Gasteiger partial charge in [0.1, 0.15) is 11.8 Å². The van der Waals surface area contributed by atoms with Crippen LogP contribution in [-0.2, 0) is 9.53 Å². The third-order valence-electron chi connectivity index (χ3n) is 2.63. The van der Waals surface area contributed by atoms with E-state index >= 15 is 0 Å². The van der Waals surface area contributed by atoms with Crippen LogP contribution in [0, 0.1) is 0 Å². The number of aliphatic hydroxyl groups excluding tert-OH is 1. The van der Waals surface area contributed by atoms with Crippen molar-refractivity contribution >= 4 is 18.3 Å². The van der Waals surface area contributed by atoms with E-state index in [0.717, 1.165) is 0 Å². The zero-order chi connectivity index (χ0) is 14.3. The van der Waals surface area contributed by atoms with Crippen molar-refractivity contribution in [1.82, 2.24) is 5.32 Å². The number of amides is 1. The molecule has 0 aliphatic carbocycles. The van der Waals surface area contributed by atoms with E-state index in [1.165, 1.54) is 7.11 Å². The number of halogens is 1. The van der Waals surface area contributed by atoms with Crippen molar-refractivity contribution in [3.05, 3.63) is 29.8 Å². The number of nitrogens with one attached hydrogen (secondary N) is 1. The number of rotatable bonds is 7. The maximum Gasteiger partial charge on any atom is 0.239 e. The van der Waals surface area contributed by atoms with Crippen molar-refractivity contribution in [3.8, 4) is 5.75 Å². The topological polar surface area (TPSA) is 93.8 Å². The number of nitrogens with two attached hydrogens (primary N) is 1. The van der Waals surface area contributed by atoms with Crippen LogP contribution < -0.4 is 15.8 Å². The number of methoxy groups -OCH3 is 2. The molecule has 4 N–H and O–H groups in total. The summed E-state index contributed by atoms with van der Waals surface area (Å²) in [7, 11) is 3.02. The van der Waals surface area contributed by atoms with Gasteiger partial charge in [-0.1, -0.05) is 12.1 Å². The van der Waals surface area contributed by atoms with Gasteiger partial charge in [-0.15, -0.1) is 12.4 Å². The molecule has 0 aromatic heterocycles. The molecule has 1 rings (SSSR count). The van der Waals surface area contributed by atoms with Gasteiger partial charge in [0.25, 0.3) is 0 Å². The summed E-state index contributed by atoms with van der Waals surface area (Å²) >= 11 is 0. The molecular formula is C13H21ClN2O4. The molecule has 0 bridgehead atoms. The van der Waals surface area contributed by atoms with Crippen LogP contribution in [0.2, 0.25) is 0 Å². The lowest BCUT2D eigenvalue weighted by molar-refractivity contribution is -0.123. The Labute approximate surface area is 124 Å². The maximum absolute atomic E-state index is 11.5. The summed E-state index contributed by atoms with van der Waals surface area (Å²) in [4.78, 5) is 11.5. The second-order valence-electron chi connectivity index (χ2n) is 4.10. The molecule has 7 heteroatoms. The van der Waals surface area contributed by atoms with E-state index in [1.807, 2.05) is 0 Å². The predicted molar refractivity (Wildman–Crippen MR) is 78.1 cm³/mol. The van der Waals surface area contributed by atoms with E-state index in [1.54, 1.807) is 31.4 Å². The Morgan fingerprint density at radius 2 is 2.15 bits per heavy atom. The number of ether oxygens (including phenoxy) is 2. The molecule has 2 atom stereocenters. The zero-order valence-electron chi connectivity index (χ0n) is 11.5. The highest BCUT2D eigenvalue weighted by molar-refractivity contribution is 5.85. The predicted octanol–water partition coefficient (Wildman–Crippen LogP) is 0.240. The second kappa shape index (κ2) is 9.55. The third-order valence-corrected chi connectivity index (χ3v) is 2.63. The molecule has 0 spiro atoms. The molecule has 0 aliphatic rings. The number of aliphatic hydroxyl groups is 1. The van der Waals surface area contributed by atoms with E-state index in [-0.39, 0.29) is 31.5 Å². The molecule has 1 amide bonds. The minimum Gasteiger partial charge on any atom is -0.497 e. The van der Waals surface area contributed by atoms with E-state index in [2.05, 4.69) is 5.32 Å². The summed E-state index contributed by atoms with van der Waals surface area (Å²) in [5.74, 6) is 0.294. The molecule has 114 valence electrons. The van der Waals surface area contributed by atoms with Crippen molar-refractivity contribution < 1.29 is 19.4 Å². The first-order chi connectivity index (χ1) is 9.08. The fourth-order valence-electron chi connectivity index (χ4n) is 1.55. The molecule has 0 fully saturated rings. The summed E-state index contributed by atoms with van der Waals surface area (Å²) in [6, 6.07) is 6.29. The molecule has 1 aromatic rings. The molecule has 20 heavy (non-hydrogen) atoms. The van der Waals surface area contributed by atoms with Crippen LogP contribution in [-0.4, -0.2) is 44.4 Å². The standard InChI is InChI=1S/C13H20N2O4.ClH/c1-18-8-11(14)13(17)15-7-12(16)9-4-3-5-10(6-9)19-2;/h3-6,11-12,16H,7-8,14H2,1-2H3,(H,15,17);1H. The molecule has 1 aromatic carbocycles. The first-order valence-corrected chi connectivity index (χ1v) is 5.92. The molecule has 6 nitrogen and oxygen atoms in total. The molecule has 0 radical (unpaired) electrons. The Morgan fingerprint density at radius 3 is 2.75 bits per heavy atom. The van der Waals surface area contributed by atoms with Crippen LogP contribution in [0.15, 0.2) is 24.3 Å². The van der Waals surface area contributed by atoms with E-state index < -0.39 is 12.1 Å². The van der Waals surface area contributed by atoms with Crippen LogP contribution in [0.1, 0.15) is 11.7 Å². The van der Waals surface area contributed by atoms with Gasteiger partial charge < -0.3 is 25.6 Å². The highest BCUT2D eigenvalue weighted by Crippen LogP contribution is 2.18. The third kappa shape index (κ3) is 5.75. The van der Waals surface area contributed by atoms with Gasteiger partial charge >= 0.3 is 0 Å². The minimum atomic E-state index is -0.811. The Kier molecular flexibility index (Phi) is 8.91. The van der Waals surface area contributed by atoms with Crippen LogP contribution in [0.3, 0.4) is 0 Å². The van der Waals surface area contributed by atoms with E-state index in [9.17, 15) is 9.90 Å². The Balaban J connectivity index is 0.00000361. The summed E-state index contributed by atoms with van der Waals surface area (Å²) in [6.45, 7) is 0.227. The van der Waals surface area contributed by atoms with Crippen molar-refractivity contribution in [1.29, 1.82) is 0 Å². The van der Waals surface area contributed by atoms with Crippen LogP contribution in [0.25, 0.3) is 0 Å². The van der Waals surface area contributed by atoms with Crippen LogP contribution in [0.5, 0.6) is 5.75 Å². The van der Waals surface area contributed by atoms with Crippen LogP contribution >= 0.6 is 12.4 Å². The summed E-state index contributed by atoms with van der Waals surface area (Å²) in [5, 5.41) is 12.5. The van der Waals surface area contributed by atoms with E-state index in [0.29, 0.717) is 11.3 Å². The van der Waals surface area contributed by atoms with E-state index in [4.69, 9.17) is 15.2 Å². The first-order valence-electron chi connectivity index (χ1n) is 5.92. The maximum atomic E-state index is 11.5. The molecule has 0 saturated carbocycles. The lowest BCUT2D eigenvalue weighted by atomic mass is 10.1. The van der Waals surface area contributed by atoms with Gasteiger partial charge in [-0.25, -0.2) is 0 Å². The number of hydrogen-bond acceptors (Lipinski definition) is 5. The number of carbonyl (C=O) groups is 1. The molecule has 0 saturated heterocycles. The van der Waals surface area contributed by atoms with Gasteiger partial charge in [0.2, 0.25) is 5.91 Å². The number of benzene rings is 1. The quantitative estimate of drug-likeness (QED) is 0.671. The van der Waals surface area contributed by atoms with Crippen LogP contribution in [0.4, 0.5) is 0 Å². The van der Waals surface area contributed by atoms with Gasteiger partial charge in [-0.3, -0.25) is 4.79 Å². The van der Waals surface area contributed by atoms with Gasteiger partial charge in [-0.2, -0.15) is 0 Å². The van der Waals surface area contributed by atoms with Gasteiger partial charge in [0, 0.05) is 13.7 Å². The van der Waals surface area contributed by atoms with Gasteiger partial charge in [0.15, 0.2) is 0 Å². The van der Waals surface area contributed by atoms with Crippen molar-refractivity contribution in [2.45, 2.75) is 12.1 Å². The van der Waals surface area contributed by atoms with Gasteiger partial charge in [0.05, 0.1) is 19.8 Å². The minimum absolute atomic E-state index is 0. The highest BCUT2D eigenvalue weighted by atomic mass is 35.5. The Hall–Kier alpha value is -1.34. The number of hydrogen-bond donors (Lipinski definition) is 3. The first kappa shape index (κ1) is 18.7. The molecular weight excluding hydrogens is 284 g/mol. The lowest BCUT2D eigenvalue weighted by Gasteiger charge is -2.15. The SMILES string of the molecule is COCC(N)C(=O)NCC(O)c1cccc(OC)c1.Cl. The van der Waals surface area contributed by atoms with Crippen molar-refractivity contribution in [2.24, 2.45) is 5.73 Å². The largest absolute Gasteiger partial charge is 0.497 e. The lowest BCUT2D eigenvalue weighted by Crippen LogP contribution is -2.44. The zero-order valence-corrected chi connectivity index (χ0v) is 12.4. The normalized spacial score (nSPS) is 13.0. The summed E-state index contributed by atoms with van der Waals surface area (Å²) < 4.78 is 9.85. The average Bonchev–Trinajstić information content (AvgIpc) is 2.44.